The number of hydrogen-bond acceptors (Lipinski definition) is 3. The number of rotatable bonds is 3. The average Bonchev–Trinajstić information content (AvgIpc) is 2.27. The van der Waals surface area contributed by atoms with Gasteiger partial charge in [0.1, 0.15) is 10.9 Å². The molecule has 0 aliphatic rings. The van der Waals surface area contributed by atoms with E-state index >= 15 is 0 Å². The van der Waals surface area contributed by atoms with E-state index in [1.54, 1.807) is 6.07 Å². The van der Waals surface area contributed by atoms with Crippen LogP contribution >= 0.6 is 11.6 Å². The predicted octanol–water partition coefficient (Wildman–Crippen LogP) is 2.90. The van der Waals surface area contributed by atoms with Crippen LogP contribution in [0, 0.1) is 0 Å². The van der Waals surface area contributed by atoms with Crippen molar-refractivity contribution < 1.29 is 9.90 Å². The Morgan fingerprint density at radius 3 is 2.88 bits per heavy atom. The molecule has 1 heterocycles. The second-order valence-electron chi connectivity index (χ2n) is 3.98. The van der Waals surface area contributed by atoms with E-state index in [2.05, 4.69) is 4.98 Å². The molecule has 0 aliphatic heterocycles. The molecule has 0 amide bonds. The third kappa shape index (κ3) is 2.62. The summed E-state index contributed by atoms with van der Waals surface area (Å²) in [5, 5.41) is 11.0. The summed E-state index contributed by atoms with van der Waals surface area (Å²) < 4.78 is 0. The fourth-order valence-electron chi connectivity index (χ4n) is 1.72. The number of pyridine rings is 1. The molecule has 1 aromatic carbocycles. The number of aromatic nitrogens is 1. The number of para-hydroxylation sites is 1. The van der Waals surface area contributed by atoms with Crippen LogP contribution < -0.4 is 0 Å². The van der Waals surface area contributed by atoms with Gasteiger partial charge in [0.25, 0.3) is 0 Å². The van der Waals surface area contributed by atoms with Crippen LogP contribution in [0.1, 0.15) is 25.0 Å². The van der Waals surface area contributed by atoms with Crippen LogP contribution in [0.3, 0.4) is 0 Å². The third-order valence-corrected chi connectivity index (χ3v) is 2.85. The second kappa shape index (κ2) is 4.82. The molecule has 4 heteroatoms. The summed E-state index contributed by atoms with van der Waals surface area (Å²) >= 11 is 6.00. The Morgan fingerprint density at radius 1 is 1.47 bits per heavy atom. The van der Waals surface area contributed by atoms with Gasteiger partial charge in [0.2, 0.25) is 0 Å². The maximum absolute atomic E-state index is 11.0. The van der Waals surface area contributed by atoms with Gasteiger partial charge < -0.3 is 5.11 Å². The zero-order valence-corrected chi connectivity index (χ0v) is 10.1. The van der Waals surface area contributed by atoms with Crippen LogP contribution in [-0.2, 0) is 4.79 Å². The predicted molar refractivity (Wildman–Crippen MR) is 67.0 cm³/mol. The van der Waals surface area contributed by atoms with Gasteiger partial charge >= 0.3 is 0 Å². The van der Waals surface area contributed by atoms with Crippen molar-refractivity contribution in [3.63, 3.8) is 0 Å². The van der Waals surface area contributed by atoms with Crippen LogP contribution in [0.5, 0.6) is 0 Å². The second-order valence-corrected chi connectivity index (χ2v) is 4.34. The molecule has 0 bridgehead atoms. The SMILES string of the molecule is CC(=O)CC(O)c1cc2ccccc2nc1Cl. The number of ketones is 1. The molecule has 0 aliphatic carbocycles. The maximum atomic E-state index is 11.0. The lowest BCUT2D eigenvalue weighted by atomic mass is 10.0. The summed E-state index contributed by atoms with van der Waals surface area (Å²) in [5.41, 5.74) is 1.27. The number of halogens is 1. The summed E-state index contributed by atoms with van der Waals surface area (Å²) in [5.74, 6) is -0.0817. The van der Waals surface area contributed by atoms with Gasteiger partial charge in [-0.15, -0.1) is 0 Å². The molecule has 1 aromatic heterocycles. The minimum atomic E-state index is -0.892. The zero-order chi connectivity index (χ0) is 12.4. The highest BCUT2D eigenvalue weighted by Gasteiger charge is 2.15. The van der Waals surface area contributed by atoms with Gasteiger partial charge in [-0.2, -0.15) is 0 Å². The molecule has 0 saturated carbocycles. The monoisotopic (exact) mass is 249 g/mol. The Balaban J connectivity index is 2.46. The molecule has 1 unspecified atom stereocenters. The molecule has 0 radical (unpaired) electrons. The first-order valence-corrected chi connectivity index (χ1v) is 5.68. The van der Waals surface area contributed by atoms with Crippen molar-refractivity contribution in [2.24, 2.45) is 0 Å². The summed E-state index contributed by atoms with van der Waals surface area (Å²) in [6.45, 7) is 1.44. The van der Waals surface area contributed by atoms with Crippen molar-refractivity contribution >= 4 is 28.3 Å². The first kappa shape index (κ1) is 12.0. The van der Waals surface area contributed by atoms with Gasteiger partial charge in [-0.05, 0) is 19.1 Å². The van der Waals surface area contributed by atoms with E-state index in [1.807, 2.05) is 24.3 Å². The standard InChI is InChI=1S/C13H12ClNO2/c1-8(16)6-12(17)10-7-9-4-2-3-5-11(9)15-13(10)14/h2-5,7,12,17H,6H2,1H3. The zero-order valence-electron chi connectivity index (χ0n) is 9.35. The van der Waals surface area contributed by atoms with E-state index in [-0.39, 0.29) is 17.4 Å². The summed E-state index contributed by atoms with van der Waals surface area (Å²) in [4.78, 5) is 15.2. The molecule has 3 nitrogen and oxygen atoms in total. The van der Waals surface area contributed by atoms with E-state index in [4.69, 9.17) is 11.6 Å². The summed E-state index contributed by atoms with van der Waals surface area (Å²) in [7, 11) is 0. The van der Waals surface area contributed by atoms with E-state index in [9.17, 15) is 9.90 Å². The normalized spacial score (nSPS) is 12.6. The van der Waals surface area contributed by atoms with Crippen molar-refractivity contribution in [1.82, 2.24) is 4.98 Å². The van der Waals surface area contributed by atoms with Gasteiger partial charge in [0.05, 0.1) is 11.6 Å². The lowest BCUT2D eigenvalue weighted by molar-refractivity contribution is -0.118. The van der Waals surface area contributed by atoms with Gasteiger partial charge in [-0.3, -0.25) is 4.79 Å². The highest BCUT2D eigenvalue weighted by atomic mass is 35.5. The van der Waals surface area contributed by atoms with Crippen LogP contribution in [0.2, 0.25) is 5.15 Å². The molecule has 1 atom stereocenters. The molecule has 17 heavy (non-hydrogen) atoms. The quantitative estimate of drug-likeness (QED) is 0.851. The number of benzene rings is 1. The molecular formula is C13H12ClNO2. The number of fused-ring (bicyclic) bond motifs is 1. The molecule has 0 spiro atoms. The van der Waals surface area contributed by atoms with Gasteiger partial charge in [0, 0.05) is 17.4 Å². The van der Waals surface area contributed by atoms with E-state index in [0.717, 1.165) is 10.9 Å². The van der Waals surface area contributed by atoms with E-state index in [0.29, 0.717) is 5.56 Å². The van der Waals surface area contributed by atoms with Crippen molar-refractivity contribution in [2.75, 3.05) is 0 Å². The first-order chi connectivity index (χ1) is 8.08. The number of aliphatic hydroxyl groups is 1. The number of hydrogen-bond donors (Lipinski definition) is 1. The highest BCUT2D eigenvalue weighted by molar-refractivity contribution is 6.30. The Kier molecular flexibility index (Phi) is 3.41. The summed E-state index contributed by atoms with van der Waals surface area (Å²) in [6, 6.07) is 9.28. The molecule has 2 rings (SSSR count). The highest BCUT2D eigenvalue weighted by Crippen LogP contribution is 2.27. The fraction of sp³-hybridized carbons (Fsp3) is 0.231. The minimum Gasteiger partial charge on any atom is -0.388 e. The van der Waals surface area contributed by atoms with Crippen molar-refractivity contribution in [2.45, 2.75) is 19.4 Å². The first-order valence-electron chi connectivity index (χ1n) is 5.30. The summed E-state index contributed by atoms with van der Waals surface area (Å²) in [6.07, 6.45) is -0.836. The average molecular weight is 250 g/mol. The molecular weight excluding hydrogens is 238 g/mol. The van der Waals surface area contributed by atoms with E-state index < -0.39 is 6.10 Å². The number of nitrogens with zero attached hydrogens (tertiary/aromatic N) is 1. The molecule has 1 N–H and O–H groups in total. The Bertz CT molecular complexity index is 568. The third-order valence-electron chi connectivity index (χ3n) is 2.54. The molecule has 88 valence electrons. The number of Topliss-reactive ketones (excluding diaryl/α,β-unsaturated/α-hetero) is 1. The Morgan fingerprint density at radius 2 is 2.18 bits per heavy atom. The topological polar surface area (TPSA) is 50.2 Å². The van der Waals surface area contributed by atoms with Gasteiger partial charge in [0.15, 0.2) is 0 Å². The number of carbonyl (C=O) groups excluding carboxylic acids is 1. The molecule has 2 aromatic rings. The molecule has 0 fully saturated rings. The van der Waals surface area contributed by atoms with Crippen molar-refractivity contribution in [3.8, 4) is 0 Å². The Hall–Kier alpha value is -1.45. The van der Waals surface area contributed by atoms with Crippen LogP contribution in [0.4, 0.5) is 0 Å². The lowest BCUT2D eigenvalue weighted by Gasteiger charge is -2.11. The van der Waals surface area contributed by atoms with Crippen LogP contribution in [-0.4, -0.2) is 15.9 Å². The van der Waals surface area contributed by atoms with Crippen molar-refractivity contribution in [1.29, 1.82) is 0 Å². The lowest BCUT2D eigenvalue weighted by Crippen LogP contribution is -2.04. The van der Waals surface area contributed by atoms with Gasteiger partial charge in [-0.1, -0.05) is 29.8 Å². The number of aliphatic hydroxyl groups excluding tert-OH is 1. The van der Waals surface area contributed by atoms with E-state index in [1.165, 1.54) is 6.92 Å². The maximum Gasteiger partial charge on any atom is 0.135 e. The van der Waals surface area contributed by atoms with Gasteiger partial charge in [-0.25, -0.2) is 4.98 Å². The fourth-order valence-corrected chi connectivity index (χ4v) is 2.00. The van der Waals surface area contributed by atoms with Crippen LogP contribution in [0.25, 0.3) is 10.9 Å². The number of carbonyl (C=O) groups is 1. The molecule has 0 saturated heterocycles. The Labute approximate surface area is 104 Å². The van der Waals surface area contributed by atoms with Crippen LogP contribution in [0.15, 0.2) is 30.3 Å². The smallest absolute Gasteiger partial charge is 0.135 e. The largest absolute Gasteiger partial charge is 0.388 e. The van der Waals surface area contributed by atoms with Crippen molar-refractivity contribution in [3.05, 3.63) is 41.0 Å². The minimum absolute atomic E-state index is 0.0553.